The number of pyridine rings is 1. The summed E-state index contributed by atoms with van der Waals surface area (Å²) in [6.07, 6.45) is 1.92. The summed E-state index contributed by atoms with van der Waals surface area (Å²) in [4.78, 5) is 27.8. The maximum Gasteiger partial charge on any atom is 0.271 e. The highest BCUT2D eigenvalue weighted by Gasteiger charge is 2.32. The Labute approximate surface area is 157 Å². The number of benzene rings is 1. The molecule has 0 amide bonds. The van der Waals surface area contributed by atoms with Crippen LogP contribution in [0.2, 0.25) is 0 Å². The van der Waals surface area contributed by atoms with Crippen LogP contribution >= 0.6 is 11.5 Å². The van der Waals surface area contributed by atoms with Crippen LogP contribution in [0.15, 0.2) is 15.7 Å². The molecule has 0 unspecified atom stereocenters. The Hall–Kier alpha value is -2.39. The van der Waals surface area contributed by atoms with Crippen LogP contribution in [0.1, 0.15) is 18.9 Å². The smallest absolute Gasteiger partial charge is 0.271 e. The first kappa shape index (κ1) is 16.8. The predicted molar refractivity (Wildman–Crippen MR) is 104 cm³/mol. The van der Waals surface area contributed by atoms with Gasteiger partial charge in [-0.25, -0.2) is 4.39 Å². The average Bonchev–Trinajstić information content (AvgIpc) is 3.44. The molecule has 0 radical (unpaired) electrons. The van der Waals surface area contributed by atoms with Crippen molar-refractivity contribution in [2.45, 2.75) is 18.9 Å². The second kappa shape index (κ2) is 6.07. The summed E-state index contributed by atoms with van der Waals surface area (Å²) in [5.41, 5.74) is 0.121. The first-order valence-electron chi connectivity index (χ1n) is 9.03. The molecule has 3 aromatic rings. The summed E-state index contributed by atoms with van der Waals surface area (Å²) >= 11 is 1.16. The van der Waals surface area contributed by atoms with Gasteiger partial charge in [0.2, 0.25) is 5.43 Å². The van der Waals surface area contributed by atoms with E-state index in [1.807, 2.05) is 9.47 Å². The van der Waals surface area contributed by atoms with Gasteiger partial charge in [-0.15, -0.1) is 0 Å². The maximum atomic E-state index is 15.1. The molecule has 2 fully saturated rings. The SMILES string of the molecule is COc1c(N2CCNCC2)c(F)cc2c(=O)c3c(=O)[nH]sc3n(C3CC3)c12. The van der Waals surface area contributed by atoms with Gasteiger partial charge in [0.05, 0.1) is 18.0 Å². The summed E-state index contributed by atoms with van der Waals surface area (Å²) in [5.74, 6) is -0.120. The van der Waals surface area contributed by atoms with E-state index in [0.29, 0.717) is 34.9 Å². The van der Waals surface area contributed by atoms with E-state index in [1.54, 1.807) is 0 Å². The van der Waals surface area contributed by atoms with Crippen LogP contribution in [-0.4, -0.2) is 42.2 Å². The molecule has 0 bridgehead atoms. The van der Waals surface area contributed by atoms with E-state index in [1.165, 1.54) is 13.2 Å². The molecule has 0 atom stereocenters. The monoisotopic (exact) mass is 390 g/mol. The molecule has 27 heavy (non-hydrogen) atoms. The van der Waals surface area contributed by atoms with Gasteiger partial charge in [0.1, 0.15) is 15.9 Å². The fraction of sp³-hybridized carbons (Fsp3) is 0.444. The third kappa shape index (κ3) is 2.41. The third-order valence-corrected chi connectivity index (χ3v) is 6.23. The van der Waals surface area contributed by atoms with E-state index < -0.39 is 16.8 Å². The quantitative estimate of drug-likeness (QED) is 0.713. The van der Waals surface area contributed by atoms with Crippen molar-refractivity contribution < 1.29 is 9.13 Å². The van der Waals surface area contributed by atoms with Crippen molar-refractivity contribution in [1.29, 1.82) is 0 Å². The molecule has 7 nitrogen and oxygen atoms in total. The van der Waals surface area contributed by atoms with Gasteiger partial charge in [0.25, 0.3) is 5.56 Å². The van der Waals surface area contributed by atoms with Crippen LogP contribution in [0.5, 0.6) is 5.75 Å². The lowest BCUT2D eigenvalue weighted by atomic mass is 10.1. The van der Waals surface area contributed by atoms with E-state index in [2.05, 4.69) is 9.69 Å². The average molecular weight is 390 g/mol. The minimum Gasteiger partial charge on any atom is -0.492 e. The van der Waals surface area contributed by atoms with Crippen LogP contribution in [0.3, 0.4) is 0 Å². The van der Waals surface area contributed by atoms with Gasteiger partial charge in [0, 0.05) is 32.2 Å². The van der Waals surface area contributed by atoms with Crippen molar-refractivity contribution >= 4 is 38.3 Å². The summed E-state index contributed by atoms with van der Waals surface area (Å²) in [6, 6.07) is 1.46. The van der Waals surface area contributed by atoms with E-state index in [0.717, 1.165) is 37.5 Å². The number of ether oxygens (including phenoxy) is 1. The molecule has 142 valence electrons. The Bertz CT molecular complexity index is 1170. The highest BCUT2D eigenvalue weighted by Crippen LogP contribution is 2.45. The zero-order valence-electron chi connectivity index (χ0n) is 14.8. The first-order valence-corrected chi connectivity index (χ1v) is 9.85. The fourth-order valence-corrected chi connectivity index (χ4v) is 4.89. The lowest BCUT2D eigenvalue weighted by Crippen LogP contribution is -2.44. The Morgan fingerprint density at radius 3 is 2.67 bits per heavy atom. The molecule has 5 rings (SSSR count). The molecule has 0 spiro atoms. The highest BCUT2D eigenvalue weighted by atomic mass is 32.1. The lowest BCUT2D eigenvalue weighted by Gasteiger charge is -2.31. The third-order valence-electron chi connectivity index (χ3n) is 5.34. The number of piperazine rings is 1. The number of fused-ring (bicyclic) bond motifs is 2. The second-order valence-electron chi connectivity index (χ2n) is 7.02. The molecular weight excluding hydrogens is 371 g/mol. The van der Waals surface area contributed by atoms with E-state index in [4.69, 9.17) is 4.74 Å². The summed E-state index contributed by atoms with van der Waals surface area (Å²) in [5, 5.41) is 3.56. The van der Waals surface area contributed by atoms with E-state index >= 15 is 4.39 Å². The van der Waals surface area contributed by atoms with Crippen molar-refractivity contribution in [1.82, 2.24) is 14.3 Å². The fourth-order valence-electron chi connectivity index (χ4n) is 3.98. The maximum absolute atomic E-state index is 15.1. The summed E-state index contributed by atoms with van der Waals surface area (Å²) in [7, 11) is 1.51. The number of aromatic amines is 1. The normalized spacial score (nSPS) is 17.8. The molecular formula is C18H19FN4O3S. The number of H-pyrrole nitrogens is 1. The standard InChI is InChI=1S/C18H19FN4O3S/c1-26-16-13-10(8-11(19)14(16)22-6-4-20-5-7-22)15(24)12-17(25)21-27-18(12)23(13)9-2-3-9/h8-9,20H,2-7H2,1H3,(H,21,25). The van der Waals surface area contributed by atoms with Gasteiger partial charge >= 0.3 is 0 Å². The number of hydrogen-bond donors (Lipinski definition) is 2. The highest BCUT2D eigenvalue weighted by molar-refractivity contribution is 7.12. The molecule has 9 heteroatoms. The lowest BCUT2D eigenvalue weighted by molar-refractivity contribution is 0.411. The zero-order valence-corrected chi connectivity index (χ0v) is 15.6. The number of anilines is 1. The minimum atomic E-state index is -0.494. The molecule has 3 heterocycles. The van der Waals surface area contributed by atoms with Gasteiger partial charge < -0.3 is 19.5 Å². The first-order chi connectivity index (χ1) is 13.1. The molecule has 2 N–H and O–H groups in total. The molecule has 1 aliphatic carbocycles. The van der Waals surface area contributed by atoms with Crippen molar-refractivity contribution in [3.8, 4) is 5.75 Å². The van der Waals surface area contributed by atoms with Gasteiger partial charge in [-0.1, -0.05) is 0 Å². The Balaban J connectivity index is 1.94. The number of hydrogen-bond acceptors (Lipinski definition) is 6. The molecule has 2 aromatic heterocycles. The van der Waals surface area contributed by atoms with Gasteiger partial charge in [-0.2, -0.15) is 0 Å². The number of rotatable bonds is 3. The second-order valence-corrected chi connectivity index (χ2v) is 7.81. The van der Waals surface area contributed by atoms with Crippen LogP contribution in [0, 0.1) is 5.82 Å². The number of nitrogens with one attached hydrogen (secondary N) is 2. The Morgan fingerprint density at radius 1 is 1.26 bits per heavy atom. The zero-order chi connectivity index (χ0) is 18.7. The van der Waals surface area contributed by atoms with Crippen LogP contribution in [0.25, 0.3) is 21.1 Å². The Morgan fingerprint density at radius 2 is 2.00 bits per heavy atom. The molecule has 1 aromatic carbocycles. The summed E-state index contributed by atoms with van der Waals surface area (Å²) in [6.45, 7) is 2.83. The van der Waals surface area contributed by atoms with Crippen LogP contribution in [-0.2, 0) is 0 Å². The predicted octanol–water partition coefficient (Wildman–Crippen LogP) is 1.80. The number of nitrogens with zero attached hydrogens (tertiary/aromatic N) is 2. The minimum absolute atomic E-state index is 0.107. The molecule has 2 aliphatic rings. The largest absolute Gasteiger partial charge is 0.492 e. The topological polar surface area (TPSA) is 79.4 Å². The van der Waals surface area contributed by atoms with Crippen molar-refractivity contribution in [2.24, 2.45) is 0 Å². The molecule has 1 aliphatic heterocycles. The van der Waals surface area contributed by atoms with Crippen LogP contribution < -0.4 is 25.9 Å². The molecule has 1 saturated carbocycles. The van der Waals surface area contributed by atoms with Gasteiger partial charge in [-0.3, -0.25) is 14.0 Å². The number of halogens is 1. The van der Waals surface area contributed by atoms with Crippen LogP contribution in [0.4, 0.5) is 10.1 Å². The van der Waals surface area contributed by atoms with Crippen molar-refractivity contribution in [3.63, 3.8) is 0 Å². The van der Waals surface area contributed by atoms with Crippen molar-refractivity contribution in [3.05, 3.63) is 32.5 Å². The molecule has 1 saturated heterocycles. The van der Waals surface area contributed by atoms with Crippen molar-refractivity contribution in [2.75, 3.05) is 38.2 Å². The number of methoxy groups -OCH3 is 1. The Kier molecular flexibility index (Phi) is 3.76. The summed E-state index contributed by atoms with van der Waals surface area (Å²) < 4.78 is 25.5. The van der Waals surface area contributed by atoms with E-state index in [9.17, 15) is 9.59 Å². The van der Waals surface area contributed by atoms with Gasteiger partial charge in [0.15, 0.2) is 11.6 Å². The van der Waals surface area contributed by atoms with Gasteiger partial charge in [-0.05, 0) is 30.4 Å². The van der Waals surface area contributed by atoms with E-state index in [-0.39, 0.29) is 16.8 Å². The number of aromatic nitrogens is 2.